The van der Waals surface area contributed by atoms with Crippen molar-refractivity contribution in [2.24, 2.45) is 21.5 Å². The molecule has 2 aliphatic rings. The lowest BCUT2D eigenvalue weighted by Crippen LogP contribution is -2.58. The number of carbonyl (C=O) groups is 1. The summed E-state index contributed by atoms with van der Waals surface area (Å²) in [5.74, 6) is -2.02. The zero-order valence-electron chi connectivity index (χ0n) is 13.8. The number of nitrogens with two attached hydrogens (primary N) is 2. The second-order valence-electron chi connectivity index (χ2n) is 6.13. The molecular weight excluding hydrogens is 329 g/mol. The van der Waals surface area contributed by atoms with Gasteiger partial charge in [-0.15, -0.1) is 0 Å². The van der Waals surface area contributed by atoms with E-state index in [1.807, 2.05) is 0 Å². The second-order valence-corrected chi connectivity index (χ2v) is 6.13. The maximum absolute atomic E-state index is 14.0. The van der Waals surface area contributed by atoms with E-state index in [2.05, 4.69) is 14.7 Å². The molecule has 1 spiro atoms. The summed E-state index contributed by atoms with van der Waals surface area (Å²) >= 11 is 0. The Kier molecular flexibility index (Phi) is 4.23. The fraction of sp³-hybridized carbons (Fsp3) is 0.438. The van der Waals surface area contributed by atoms with E-state index in [4.69, 9.17) is 11.5 Å². The summed E-state index contributed by atoms with van der Waals surface area (Å²) < 4.78 is 18.6. The van der Waals surface area contributed by atoms with Crippen LogP contribution in [0.4, 0.5) is 10.1 Å². The summed E-state index contributed by atoms with van der Waals surface area (Å²) in [4.78, 5) is 21.8. The van der Waals surface area contributed by atoms with Gasteiger partial charge in [0.05, 0.1) is 18.4 Å². The van der Waals surface area contributed by atoms with E-state index in [9.17, 15) is 14.3 Å². The van der Waals surface area contributed by atoms with Gasteiger partial charge >= 0.3 is 5.97 Å². The van der Waals surface area contributed by atoms with Crippen LogP contribution in [0.15, 0.2) is 22.1 Å². The molecule has 3 rings (SSSR count). The summed E-state index contributed by atoms with van der Waals surface area (Å²) in [6.07, 6.45) is 4.13. The molecule has 8 nitrogen and oxygen atoms in total. The van der Waals surface area contributed by atoms with Crippen LogP contribution in [0.25, 0.3) is 0 Å². The molecule has 0 atom stereocenters. The number of aromatic hydroxyl groups is 1. The molecule has 1 fully saturated rings. The Morgan fingerprint density at radius 3 is 2.64 bits per heavy atom. The van der Waals surface area contributed by atoms with Crippen molar-refractivity contribution in [3.63, 3.8) is 0 Å². The molecule has 0 saturated heterocycles. The van der Waals surface area contributed by atoms with E-state index < -0.39 is 17.4 Å². The quantitative estimate of drug-likeness (QED) is 0.693. The van der Waals surface area contributed by atoms with E-state index in [1.165, 1.54) is 11.0 Å². The molecule has 1 aliphatic carbocycles. The van der Waals surface area contributed by atoms with Gasteiger partial charge in [-0.1, -0.05) is 6.42 Å². The number of carbonyl (C=O) groups excluding carboxylic acids is 1. The highest BCUT2D eigenvalue weighted by molar-refractivity contribution is 6.07. The molecule has 9 heteroatoms. The lowest BCUT2D eigenvalue weighted by molar-refractivity contribution is 0.0595. The standard InChI is InChI=1S/C16H20FN5O3/c1-25-13(24)9-7-11(12(23)8-10(9)17)22-15(19)20-14(18)21-16(22)5-3-2-4-6-16/h7-8,23H,2-6H2,1H3,(H4,18,19,20,21). The van der Waals surface area contributed by atoms with Crippen LogP contribution in [-0.4, -0.2) is 35.8 Å². The van der Waals surface area contributed by atoms with Crippen LogP contribution in [0.2, 0.25) is 0 Å². The lowest BCUT2D eigenvalue weighted by atomic mass is 9.87. The zero-order valence-corrected chi connectivity index (χ0v) is 13.8. The number of benzene rings is 1. The Hall–Kier alpha value is -2.84. The molecule has 1 saturated carbocycles. The minimum absolute atomic E-state index is 0.0344. The van der Waals surface area contributed by atoms with Crippen molar-refractivity contribution in [2.45, 2.75) is 37.8 Å². The van der Waals surface area contributed by atoms with Crippen LogP contribution in [0.3, 0.4) is 0 Å². The summed E-state index contributed by atoms with van der Waals surface area (Å²) in [6.45, 7) is 0. The van der Waals surface area contributed by atoms with Crippen LogP contribution in [0, 0.1) is 5.82 Å². The van der Waals surface area contributed by atoms with Gasteiger partial charge in [0.25, 0.3) is 0 Å². The average Bonchev–Trinajstić information content (AvgIpc) is 2.56. The summed E-state index contributed by atoms with van der Waals surface area (Å²) in [7, 11) is 1.15. The van der Waals surface area contributed by atoms with E-state index in [1.54, 1.807) is 0 Å². The molecule has 0 amide bonds. The number of hydrogen-bond acceptors (Lipinski definition) is 8. The number of rotatable bonds is 2. The highest BCUT2D eigenvalue weighted by atomic mass is 19.1. The fourth-order valence-electron chi connectivity index (χ4n) is 3.47. The van der Waals surface area contributed by atoms with Crippen LogP contribution < -0.4 is 16.4 Å². The van der Waals surface area contributed by atoms with Gasteiger partial charge in [-0.05, 0) is 31.7 Å². The van der Waals surface area contributed by atoms with Crippen molar-refractivity contribution in [1.29, 1.82) is 0 Å². The molecule has 0 unspecified atom stereocenters. The maximum Gasteiger partial charge on any atom is 0.340 e. The van der Waals surface area contributed by atoms with Gasteiger partial charge < -0.3 is 21.3 Å². The number of guanidine groups is 2. The summed E-state index contributed by atoms with van der Waals surface area (Å²) in [5, 5.41) is 10.3. The van der Waals surface area contributed by atoms with Crippen LogP contribution in [0.5, 0.6) is 5.75 Å². The van der Waals surface area contributed by atoms with Crippen LogP contribution in [-0.2, 0) is 4.74 Å². The number of esters is 1. The van der Waals surface area contributed by atoms with Crippen LogP contribution in [0.1, 0.15) is 42.5 Å². The van der Waals surface area contributed by atoms with E-state index in [0.717, 1.165) is 32.4 Å². The first-order valence-corrected chi connectivity index (χ1v) is 7.98. The Balaban J connectivity index is 2.16. The molecular formula is C16H20FN5O3. The highest BCUT2D eigenvalue weighted by Gasteiger charge is 2.43. The average molecular weight is 349 g/mol. The number of phenolic OH excluding ortho intramolecular Hbond substituents is 1. The largest absolute Gasteiger partial charge is 0.506 e. The van der Waals surface area contributed by atoms with Gasteiger partial charge in [-0.2, -0.15) is 4.99 Å². The Labute approximate surface area is 144 Å². The van der Waals surface area contributed by atoms with Crippen molar-refractivity contribution < 1.29 is 19.0 Å². The normalized spacial score (nSPS) is 19.4. The Morgan fingerprint density at radius 2 is 2.00 bits per heavy atom. The number of phenols is 1. The molecule has 1 aliphatic heterocycles. The predicted molar refractivity (Wildman–Crippen MR) is 90.9 cm³/mol. The van der Waals surface area contributed by atoms with Crippen molar-refractivity contribution in [1.82, 2.24) is 0 Å². The zero-order chi connectivity index (χ0) is 18.2. The summed E-state index contributed by atoms with van der Waals surface area (Å²) in [6, 6.07) is 2.05. The van der Waals surface area contributed by atoms with Crippen molar-refractivity contribution in [2.75, 3.05) is 12.0 Å². The molecule has 5 N–H and O–H groups in total. The van der Waals surface area contributed by atoms with Gasteiger partial charge in [0.1, 0.15) is 17.2 Å². The van der Waals surface area contributed by atoms with Gasteiger partial charge in [-0.3, -0.25) is 4.90 Å². The third-order valence-electron chi connectivity index (χ3n) is 4.56. The molecule has 1 aromatic carbocycles. The van der Waals surface area contributed by atoms with E-state index in [-0.39, 0.29) is 28.9 Å². The molecule has 25 heavy (non-hydrogen) atoms. The lowest BCUT2D eigenvalue weighted by Gasteiger charge is -2.45. The molecule has 0 bridgehead atoms. The van der Waals surface area contributed by atoms with Crippen molar-refractivity contribution >= 4 is 23.6 Å². The van der Waals surface area contributed by atoms with Gasteiger partial charge in [0.15, 0.2) is 0 Å². The highest BCUT2D eigenvalue weighted by Crippen LogP contribution is 2.43. The third-order valence-corrected chi connectivity index (χ3v) is 4.56. The number of anilines is 1. The van der Waals surface area contributed by atoms with Crippen LogP contribution >= 0.6 is 0 Å². The first-order valence-electron chi connectivity index (χ1n) is 7.98. The number of nitrogens with zero attached hydrogens (tertiary/aromatic N) is 3. The first-order chi connectivity index (χ1) is 11.9. The van der Waals surface area contributed by atoms with Gasteiger partial charge in [0.2, 0.25) is 11.9 Å². The minimum Gasteiger partial charge on any atom is -0.506 e. The van der Waals surface area contributed by atoms with E-state index >= 15 is 0 Å². The minimum atomic E-state index is -0.888. The first kappa shape index (κ1) is 17.0. The third kappa shape index (κ3) is 2.86. The molecule has 1 heterocycles. The smallest absolute Gasteiger partial charge is 0.340 e. The number of hydrogen-bond donors (Lipinski definition) is 3. The topological polar surface area (TPSA) is 127 Å². The number of halogens is 1. The fourth-order valence-corrected chi connectivity index (χ4v) is 3.47. The molecule has 1 aromatic rings. The van der Waals surface area contributed by atoms with Crippen molar-refractivity contribution in [3.8, 4) is 5.75 Å². The molecule has 134 valence electrons. The summed E-state index contributed by atoms with van der Waals surface area (Å²) in [5.41, 5.74) is 10.9. The maximum atomic E-state index is 14.0. The van der Waals surface area contributed by atoms with Gasteiger partial charge in [-0.25, -0.2) is 14.2 Å². The molecule has 0 radical (unpaired) electrons. The predicted octanol–water partition coefficient (Wildman–Crippen LogP) is 1.43. The van der Waals surface area contributed by atoms with Crippen molar-refractivity contribution in [3.05, 3.63) is 23.5 Å². The SMILES string of the molecule is COC(=O)c1cc(N2C(N)=NC(N)=NC23CCCCC3)c(O)cc1F. The molecule has 0 aromatic heterocycles. The Morgan fingerprint density at radius 1 is 1.32 bits per heavy atom. The monoisotopic (exact) mass is 349 g/mol. The number of methoxy groups -OCH3 is 1. The number of ether oxygens (including phenoxy) is 1. The van der Waals surface area contributed by atoms with Gasteiger partial charge in [0, 0.05) is 6.07 Å². The Bertz CT molecular complexity index is 771. The van der Waals surface area contributed by atoms with E-state index in [0.29, 0.717) is 12.8 Å². The second kappa shape index (κ2) is 6.23. The number of aliphatic imine (C=N–C) groups is 2.